The van der Waals surface area contributed by atoms with Gasteiger partial charge in [-0.2, -0.15) is 8.42 Å². The van der Waals surface area contributed by atoms with Crippen molar-refractivity contribution in [2.45, 2.75) is 38.4 Å². The van der Waals surface area contributed by atoms with Gasteiger partial charge in [-0.25, -0.2) is 14.4 Å². The maximum absolute atomic E-state index is 12.7. The van der Waals surface area contributed by atoms with Crippen LogP contribution < -0.4 is 0 Å². The quantitative estimate of drug-likeness (QED) is 0.809. The van der Waals surface area contributed by atoms with Gasteiger partial charge in [0.15, 0.2) is 5.82 Å². The normalized spacial score (nSPS) is 14.1. The average molecular weight is 308 g/mol. The molecule has 0 aliphatic carbocycles. The number of methoxy groups -OCH3 is 1. The Bertz CT molecular complexity index is 479. The van der Waals surface area contributed by atoms with E-state index in [0.29, 0.717) is 0 Å². The molecule has 0 aliphatic rings. The SMILES string of the molecule is CC.COCCC(C(C)c1ncc(F)cn1)S(=O)(=O)O. The zero-order chi connectivity index (χ0) is 15.8. The van der Waals surface area contributed by atoms with Crippen LogP contribution in [0.15, 0.2) is 12.4 Å². The lowest BCUT2D eigenvalue weighted by atomic mass is 10.0. The van der Waals surface area contributed by atoms with Gasteiger partial charge in [0.05, 0.1) is 17.6 Å². The highest BCUT2D eigenvalue weighted by Gasteiger charge is 2.31. The molecule has 1 rings (SSSR count). The molecule has 0 radical (unpaired) electrons. The third kappa shape index (κ3) is 5.89. The second-order valence-corrected chi connectivity index (χ2v) is 5.52. The summed E-state index contributed by atoms with van der Waals surface area (Å²) in [6, 6.07) is 0. The summed E-state index contributed by atoms with van der Waals surface area (Å²) in [5.74, 6) is -1.10. The van der Waals surface area contributed by atoms with Gasteiger partial charge in [-0.3, -0.25) is 4.55 Å². The molecule has 20 heavy (non-hydrogen) atoms. The molecule has 0 aromatic carbocycles. The topological polar surface area (TPSA) is 89.4 Å². The van der Waals surface area contributed by atoms with Crippen molar-refractivity contribution in [2.75, 3.05) is 13.7 Å². The van der Waals surface area contributed by atoms with Gasteiger partial charge < -0.3 is 4.74 Å². The maximum Gasteiger partial charge on any atom is 0.268 e. The molecular formula is C12H21FN2O4S. The molecule has 0 saturated heterocycles. The Balaban J connectivity index is 0.00000172. The number of nitrogens with zero attached hydrogens (tertiary/aromatic N) is 2. The van der Waals surface area contributed by atoms with Gasteiger partial charge in [-0.1, -0.05) is 20.8 Å². The van der Waals surface area contributed by atoms with E-state index in [4.69, 9.17) is 4.74 Å². The Morgan fingerprint density at radius 3 is 2.25 bits per heavy atom. The van der Waals surface area contributed by atoms with Gasteiger partial charge in [0.25, 0.3) is 10.1 Å². The molecule has 2 atom stereocenters. The van der Waals surface area contributed by atoms with E-state index in [2.05, 4.69) is 9.97 Å². The highest BCUT2D eigenvalue weighted by Crippen LogP contribution is 2.23. The molecule has 6 nitrogen and oxygen atoms in total. The van der Waals surface area contributed by atoms with Crippen LogP contribution >= 0.6 is 0 Å². The van der Waals surface area contributed by atoms with Crippen LogP contribution in [0, 0.1) is 5.82 Å². The molecule has 1 aromatic rings. The molecule has 0 amide bonds. The minimum absolute atomic E-state index is 0.108. The Labute approximate surface area is 119 Å². The van der Waals surface area contributed by atoms with Crippen molar-refractivity contribution in [3.8, 4) is 0 Å². The van der Waals surface area contributed by atoms with Gasteiger partial charge in [-0.05, 0) is 6.42 Å². The number of hydrogen-bond donors (Lipinski definition) is 1. The first-order valence-corrected chi connectivity index (χ1v) is 7.79. The summed E-state index contributed by atoms with van der Waals surface area (Å²) in [4.78, 5) is 7.44. The molecular weight excluding hydrogens is 287 g/mol. The first-order valence-electron chi connectivity index (χ1n) is 6.29. The molecule has 1 aromatic heterocycles. The first kappa shape index (κ1) is 18.9. The lowest BCUT2D eigenvalue weighted by Crippen LogP contribution is -2.29. The van der Waals surface area contributed by atoms with E-state index in [-0.39, 0.29) is 18.9 Å². The van der Waals surface area contributed by atoms with Crippen molar-refractivity contribution >= 4 is 10.1 Å². The fraction of sp³-hybridized carbons (Fsp3) is 0.667. The molecule has 1 heterocycles. The monoisotopic (exact) mass is 308 g/mol. The van der Waals surface area contributed by atoms with Gasteiger partial charge >= 0.3 is 0 Å². The molecule has 0 bridgehead atoms. The van der Waals surface area contributed by atoms with Crippen LogP contribution in [0.2, 0.25) is 0 Å². The summed E-state index contributed by atoms with van der Waals surface area (Å²) in [5.41, 5.74) is 0. The Hall–Kier alpha value is -1.12. The number of rotatable bonds is 6. The third-order valence-corrected chi connectivity index (χ3v) is 4.00. The summed E-state index contributed by atoms with van der Waals surface area (Å²) in [7, 11) is -2.82. The van der Waals surface area contributed by atoms with Crippen LogP contribution in [0.3, 0.4) is 0 Å². The molecule has 116 valence electrons. The zero-order valence-corrected chi connectivity index (χ0v) is 12.9. The molecule has 0 aliphatic heterocycles. The van der Waals surface area contributed by atoms with Crippen LogP contribution in [-0.2, 0) is 14.9 Å². The Kier molecular flexibility index (Phi) is 8.43. The lowest BCUT2D eigenvalue weighted by Gasteiger charge is -2.19. The highest BCUT2D eigenvalue weighted by atomic mass is 32.2. The van der Waals surface area contributed by atoms with Crippen molar-refractivity contribution in [3.05, 3.63) is 24.0 Å². The molecule has 2 unspecified atom stereocenters. The van der Waals surface area contributed by atoms with Gasteiger partial charge in [0.1, 0.15) is 5.82 Å². The highest BCUT2D eigenvalue weighted by molar-refractivity contribution is 7.86. The van der Waals surface area contributed by atoms with E-state index in [1.807, 2.05) is 13.8 Å². The van der Waals surface area contributed by atoms with Crippen molar-refractivity contribution in [2.24, 2.45) is 0 Å². The standard InChI is InChI=1S/C10H15FN2O4S.C2H6/c1-7(10-12-5-8(11)6-13-10)9(3-4-17-2)18(14,15)16;1-2/h5-7,9H,3-4H2,1-2H3,(H,14,15,16);1-2H3. The van der Waals surface area contributed by atoms with Gasteiger partial charge in [0.2, 0.25) is 0 Å². The molecule has 1 N–H and O–H groups in total. The van der Waals surface area contributed by atoms with Crippen molar-refractivity contribution in [1.29, 1.82) is 0 Å². The summed E-state index contributed by atoms with van der Waals surface area (Å²) >= 11 is 0. The van der Waals surface area contributed by atoms with E-state index >= 15 is 0 Å². The van der Waals surface area contributed by atoms with Crippen LogP contribution in [0.5, 0.6) is 0 Å². The molecule has 0 fully saturated rings. The fourth-order valence-electron chi connectivity index (χ4n) is 1.61. The summed E-state index contributed by atoms with van der Waals surface area (Å²) in [6.07, 6.45) is 2.02. The molecule has 0 spiro atoms. The second-order valence-electron chi connectivity index (χ2n) is 3.88. The average Bonchev–Trinajstić information content (AvgIpc) is 2.40. The summed E-state index contributed by atoms with van der Waals surface area (Å²) in [5, 5.41) is -1.08. The van der Waals surface area contributed by atoms with Crippen molar-refractivity contribution < 1.29 is 22.1 Å². The first-order chi connectivity index (χ1) is 9.36. The number of ether oxygens (including phenoxy) is 1. The van der Waals surface area contributed by atoms with Crippen LogP contribution in [0.25, 0.3) is 0 Å². The van der Waals surface area contributed by atoms with E-state index in [9.17, 15) is 17.4 Å². The zero-order valence-electron chi connectivity index (χ0n) is 12.1. The Morgan fingerprint density at radius 1 is 1.35 bits per heavy atom. The largest absolute Gasteiger partial charge is 0.385 e. The third-order valence-electron chi connectivity index (χ3n) is 2.59. The van der Waals surface area contributed by atoms with E-state index in [0.717, 1.165) is 12.4 Å². The van der Waals surface area contributed by atoms with E-state index in [1.165, 1.54) is 7.11 Å². The van der Waals surface area contributed by atoms with E-state index in [1.54, 1.807) is 6.92 Å². The Morgan fingerprint density at radius 2 is 1.85 bits per heavy atom. The molecule has 8 heteroatoms. The predicted octanol–water partition coefficient (Wildman–Crippen LogP) is 2.04. The van der Waals surface area contributed by atoms with Crippen molar-refractivity contribution in [3.63, 3.8) is 0 Å². The summed E-state index contributed by atoms with van der Waals surface area (Å²) < 4.78 is 49.2. The van der Waals surface area contributed by atoms with Crippen LogP contribution in [-0.4, -0.2) is 41.9 Å². The fourth-order valence-corrected chi connectivity index (χ4v) is 2.65. The lowest BCUT2D eigenvalue weighted by molar-refractivity contribution is 0.190. The maximum atomic E-state index is 12.7. The van der Waals surface area contributed by atoms with Crippen LogP contribution in [0.4, 0.5) is 4.39 Å². The molecule has 0 saturated carbocycles. The summed E-state index contributed by atoms with van der Waals surface area (Å²) in [6.45, 7) is 5.73. The van der Waals surface area contributed by atoms with Gasteiger partial charge in [-0.15, -0.1) is 0 Å². The smallest absolute Gasteiger partial charge is 0.268 e. The second kappa shape index (κ2) is 8.93. The number of hydrogen-bond acceptors (Lipinski definition) is 5. The van der Waals surface area contributed by atoms with Crippen molar-refractivity contribution in [1.82, 2.24) is 9.97 Å². The number of aromatic nitrogens is 2. The number of halogens is 1. The minimum atomic E-state index is -4.25. The predicted molar refractivity (Wildman–Crippen MR) is 73.6 cm³/mol. The van der Waals surface area contributed by atoms with E-state index < -0.39 is 27.1 Å². The van der Waals surface area contributed by atoms with Crippen LogP contribution in [0.1, 0.15) is 38.9 Å². The minimum Gasteiger partial charge on any atom is -0.385 e. The van der Waals surface area contributed by atoms with Gasteiger partial charge in [0, 0.05) is 19.6 Å².